The Hall–Kier alpha value is -1.10. The second kappa shape index (κ2) is 2.48. The van der Waals surface area contributed by atoms with E-state index in [9.17, 15) is 9.59 Å². The first kappa shape index (κ1) is 9.45. The second-order valence-electron chi connectivity index (χ2n) is 4.50. The fourth-order valence-electron chi connectivity index (χ4n) is 2.71. The van der Waals surface area contributed by atoms with Gasteiger partial charge in [0.05, 0.1) is 5.92 Å². The zero-order valence-corrected chi connectivity index (χ0v) is 7.69. The number of aliphatic carboxylic acids is 2. The van der Waals surface area contributed by atoms with E-state index in [2.05, 4.69) is 0 Å². The van der Waals surface area contributed by atoms with Crippen molar-refractivity contribution in [3.8, 4) is 0 Å². The van der Waals surface area contributed by atoms with Gasteiger partial charge < -0.3 is 15.9 Å². The molecular formula is C9H13NO4. The van der Waals surface area contributed by atoms with Crippen molar-refractivity contribution < 1.29 is 19.8 Å². The lowest BCUT2D eigenvalue weighted by molar-refractivity contribution is -0.182. The number of hydrogen-bond acceptors (Lipinski definition) is 3. The molecule has 2 rings (SSSR count). The zero-order valence-electron chi connectivity index (χ0n) is 7.69. The molecule has 1 atom stereocenters. The van der Waals surface area contributed by atoms with Crippen molar-refractivity contribution in [1.29, 1.82) is 0 Å². The monoisotopic (exact) mass is 199 g/mol. The summed E-state index contributed by atoms with van der Waals surface area (Å²) in [4.78, 5) is 21.5. The Morgan fingerprint density at radius 3 is 2.07 bits per heavy atom. The van der Waals surface area contributed by atoms with Gasteiger partial charge in [0, 0.05) is 5.41 Å². The highest BCUT2D eigenvalue weighted by molar-refractivity contribution is 5.83. The minimum absolute atomic E-state index is 0.391. The molecule has 2 fully saturated rings. The van der Waals surface area contributed by atoms with Gasteiger partial charge >= 0.3 is 11.9 Å². The number of rotatable bonds is 2. The van der Waals surface area contributed by atoms with Crippen LogP contribution in [0.5, 0.6) is 0 Å². The summed E-state index contributed by atoms with van der Waals surface area (Å²) in [6.45, 7) is 0. The first-order valence-corrected chi connectivity index (χ1v) is 4.66. The number of hydrogen-bond donors (Lipinski definition) is 3. The third-order valence-corrected chi connectivity index (χ3v) is 3.95. The lowest BCUT2D eigenvalue weighted by Gasteiger charge is -2.62. The summed E-state index contributed by atoms with van der Waals surface area (Å²) in [6, 6.07) is 0. The van der Waals surface area contributed by atoms with Crippen LogP contribution in [0.1, 0.15) is 25.7 Å². The second-order valence-corrected chi connectivity index (χ2v) is 4.50. The molecule has 0 unspecified atom stereocenters. The molecule has 2 aliphatic carbocycles. The van der Waals surface area contributed by atoms with E-state index in [1.807, 2.05) is 0 Å². The van der Waals surface area contributed by atoms with Crippen LogP contribution < -0.4 is 5.73 Å². The molecule has 0 aromatic rings. The van der Waals surface area contributed by atoms with Gasteiger partial charge in [-0.15, -0.1) is 0 Å². The smallest absolute Gasteiger partial charge is 0.324 e. The first-order chi connectivity index (χ1) is 6.41. The van der Waals surface area contributed by atoms with Crippen LogP contribution in [0.25, 0.3) is 0 Å². The van der Waals surface area contributed by atoms with E-state index in [4.69, 9.17) is 15.9 Å². The van der Waals surface area contributed by atoms with Crippen molar-refractivity contribution in [3.05, 3.63) is 0 Å². The quantitative estimate of drug-likeness (QED) is 0.583. The summed E-state index contributed by atoms with van der Waals surface area (Å²) in [7, 11) is 0. The molecule has 0 aromatic carbocycles. The van der Waals surface area contributed by atoms with Gasteiger partial charge in [-0.25, -0.2) is 0 Å². The van der Waals surface area contributed by atoms with E-state index in [1.54, 1.807) is 0 Å². The number of carboxylic acid groups (broad SMARTS) is 2. The molecule has 1 spiro atoms. The zero-order chi connectivity index (χ0) is 10.6. The van der Waals surface area contributed by atoms with Crippen molar-refractivity contribution in [1.82, 2.24) is 0 Å². The Balaban J connectivity index is 2.09. The molecule has 2 saturated carbocycles. The molecule has 2 aliphatic rings. The van der Waals surface area contributed by atoms with E-state index >= 15 is 0 Å². The van der Waals surface area contributed by atoms with E-state index < -0.39 is 28.8 Å². The Labute approximate surface area is 80.9 Å². The van der Waals surface area contributed by atoms with Crippen LogP contribution in [0.15, 0.2) is 0 Å². The Kier molecular flexibility index (Phi) is 1.67. The topological polar surface area (TPSA) is 101 Å². The maximum absolute atomic E-state index is 10.9. The molecule has 5 heteroatoms. The van der Waals surface area contributed by atoms with Crippen LogP contribution in [0.2, 0.25) is 0 Å². The minimum Gasteiger partial charge on any atom is -0.481 e. The van der Waals surface area contributed by atoms with Crippen molar-refractivity contribution in [2.45, 2.75) is 31.2 Å². The van der Waals surface area contributed by atoms with Gasteiger partial charge in [0.2, 0.25) is 0 Å². The van der Waals surface area contributed by atoms with Gasteiger partial charge in [-0.3, -0.25) is 9.59 Å². The molecule has 78 valence electrons. The summed E-state index contributed by atoms with van der Waals surface area (Å²) < 4.78 is 0. The summed E-state index contributed by atoms with van der Waals surface area (Å²) in [5, 5.41) is 17.7. The van der Waals surface area contributed by atoms with Crippen molar-refractivity contribution in [2.75, 3.05) is 0 Å². The molecule has 0 heterocycles. The van der Waals surface area contributed by atoms with Crippen LogP contribution in [0, 0.1) is 11.3 Å². The van der Waals surface area contributed by atoms with Crippen molar-refractivity contribution in [2.24, 2.45) is 17.1 Å². The van der Waals surface area contributed by atoms with E-state index in [-0.39, 0.29) is 0 Å². The average molecular weight is 199 g/mol. The molecular weight excluding hydrogens is 186 g/mol. The summed E-state index contributed by atoms with van der Waals surface area (Å²) in [5.74, 6) is -2.22. The van der Waals surface area contributed by atoms with Gasteiger partial charge in [0.1, 0.15) is 5.54 Å². The fraction of sp³-hybridized carbons (Fsp3) is 0.778. The highest BCUT2D eigenvalue weighted by Gasteiger charge is 2.67. The minimum atomic E-state index is -1.17. The summed E-state index contributed by atoms with van der Waals surface area (Å²) in [5.41, 5.74) is 4.16. The van der Waals surface area contributed by atoms with Crippen LogP contribution >= 0.6 is 0 Å². The molecule has 0 bridgehead atoms. The molecule has 0 aromatic heterocycles. The number of carboxylic acids is 2. The summed E-state index contributed by atoms with van der Waals surface area (Å²) >= 11 is 0. The SMILES string of the molecule is N[C@@]1(C(=O)O)CCC12CC(C(=O)O)C2. The third-order valence-electron chi connectivity index (χ3n) is 3.95. The van der Waals surface area contributed by atoms with Crippen molar-refractivity contribution in [3.63, 3.8) is 0 Å². The van der Waals surface area contributed by atoms with Crippen LogP contribution in [0.4, 0.5) is 0 Å². The fourth-order valence-corrected chi connectivity index (χ4v) is 2.71. The van der Waals surface area contributed by atoms with Gasteiger partial charge in [-0.1, -0.05) is 0 Å². The lowest BCUT2D eigenvalue weighted by Crippen LogP contribution is -2.72. The van der Waals surface area contributed by atoms with Crippen molar-refractivity contribution >= 4 is 11.9 Å². The van der Waals surface area contributed by atoms with E-state index in [0.717, 1.165) is 6.42 Å². The highest BCUT2D eigenvalue weighted by Crippen LogP contribution is 2.63. The molecule has 0 saturated heterocycles. The maximum Gasteiger partial charge on any atom is 0.324 e. The Bertz CT molecular complexity index is 308. The van der Waals surface area contributed by atoms with Gasteiger partial charge in [-0.05, 0) is 25.7 Å². The van der Waals surface area contributed by atoms with Gasteiger partial charge in [0.15, 0.2) is 0 Å². The number of carbonyl (C=O) groups is 2. The summed E-state index contributed by atoms with van der Waals surface area (Å²) in [6.07, 6.45) is 2.06. The predicted molar refractivity (Wildman–Crippen MR) is 46.6 cm³/mol. The Morgan fingerprint density at radius 1 is 1.21 bits per heavy atom. The Morgan fingerprint density at radius 2 is 1.79 bits per heavy atom. The molecule has 0 aliphatic heterocycles. The maximum atomic E-state index is 10.9. The largest absolute Gasteiger partial charge is 0.481 e. The highest BCUT2D eigenvalue weighted by atomic mass is 16.4. The van der Waals surface area contributed by atoms with Gasteiger partial charge in [-0.2, -0.15) is 0 Å². The molecule has 4 N–H and O–H groups in total. The predicted octanol–water partition coefficient (Wildman–Crippen LogP) is 0.0433. The molecule has 0 radical (unpaired) electrons. The first-order valence-electron chi connectivity index (χ1n) is 4.66. The normalized spacial score (nSPS) is 45.4. The van der Waals surface area contributed by atoms with E-state index in [1.165, 1.54) is 0 Å². The number of nitrogens with two attached hydrogens (primary N) is 1. The van der Waals surface area contributed by atoms with Crippen LogP contribution in [-0.4, -0.2) is 27.7 Å². The molecule has 5 nitrogen and oxygen atoms in total. The molecule has 0 amide bonds. The van der Waals surface area contributed by atoms with Gasteiger partial charge in [0.25, 0.3) is 0 Å². The average Bonchev–Trinajstić information content (AvgIpc) is 1.97. The van der Waals surface area contributed by atoms with Crippen LogP contribution in [-0.2, 0) is 9.59 Å². The lowest BCUT2D eigenvalue weighted by atomic mass is 9.43. The standard InChI is InChI=1S/C9H13NO4/c10-9(7(13)14)2-1-8(9)3-5(4-8)6(11)12/h5H,1-4,10H2,(H,11,12)(H,13,14)/t5?,8?,9-/m1/s1. The van der Waals surface area contributed by atoms with E-state index in [0.29, 0.717) is 19.3 Å². The third kappa shape index (κ3) is 0.877. The molecule has 14 heavy (non-hydrogen) atoms. The van der Waals surface area contributed by atoms with Crippen LogP contribution in [0.3, 0.4) is 0 Å².